The first-order chi connectivity index (χ1) is 21.6. The largest absolute Gasteiger partial charge is 0.458 e. The van der Waals surface area contributed by atoms with Gasteiger partial charge in [-0.2, -0.15) is 4.98 Å². The number of nitrogens with zero attached hydrogens (tertiary/aromatic N) is 3. The van der Waals surface area contributed by atoms with Gasteiger partial charge in [0, 0.05) is 20.6 Å². The van der Waals surface area contributed by atoms with Crippen LogP contribution in [0.25, 0.3) is 11.2 Å². The molecule has 14 heteroatoms. The third kappa shape index (κ3) is 8.42. The van der Waals surface area contributed by atoms with E-state index >= 15 is 0 Å². The summed E-state index contributed by atoms with van der Waals surface area (Å²) in [5.74, 6) is -1.88. The van der Waals surface area contributed by atoms with Crippen molar-refractivity contribution in [1.29, 1.82) is 0 Å². The second-order valence-corrected chi connectivity index (χ2v) is 10.9. The highest BCUT2D eigenvalue weighted by molar-refractivity contribution is 6.31. The number of amides is 1. The molecule has 2 N–H and O–H groups in total. The van der Waals surface area contributed by atoms with Crippen LogP contribution >= 0.6 is 34.8 Å². The number of H-pyrrole nitrogens is 1. The first-order valence-electron chi connectivity index (χ1n) is 13.4. The minimum Gasteiger partial charge on any atom is -0.458 e. The number of hydrogen-bond donors (Lipinski definition) is 2. The number of fused-ring (bicyclic) bond motifs is 1. The molecule has 45 heavy (non-hydrogen) atoms. The van der Waals surface area contributed by atoms with E-state index in [0.717, 1.165) is 0 Å². The fourth-order valence-electron chi connectivity index (χ4n) is 4.04. The molecule has 2 aromatic heterocycles. The summed E-state index contributed by atoms with van der Waals surface area (Å²) in [4.78, 5) is 66.0. The number of aromatic amines is 1. The van der Waals surface area contributed by atoms with E-state index in [2.05, 4.69) is 25.3 Å². The second kappa shape index (κ2) is 14.3. The molecule has 0 aliphatic rings. The molecular formula is C31H22Cl3N5O6. The number of carbonyl (C=O) groups is 3. The molecule has 5 rings (SSSR count). The molecule has 2 heterocycles. The molecule has 0 bridgehead atoms. The summed E-state index contributed by atoms with van der Waals surface area (Å²) in [6.07, 6.45) is 0.920. The normalized spacial score (nSPS) is 11.5. The number of hydrogen-bond acceptors (Lipinski definition) is 9. The summed E-state index contributed by atoms with van der Waals surface area (Å²) in [6, 6.07) is 18.5. The van der Waals surface area contributed by atoms with Gasteiger partial charge >= 0.3 is 11.9 Å². The minimum absolute atomic E-state index is 0.0107. The van der Waals surface area contributed by atoms with Crippen LogP contribution in [-0.2, 0) is 15.9 Å². The van der Waals surface area contributed by atoms with Crippen LogP contribution in [0.5, 0.6) is 0 Å². The van der Waals surface area contributed by atoms with Crippen LogP contribution in [0.4, 0.5) is 5.95 Å². The van der Waals surface area contributed by atoms with Gasteiger partial charge in [0.25, 0.3) is 11.5 Å². The number of rotatable bonds is 10. The van der Waals surface area contributed by atoms with E-state index < -0.39 is 29.5 Å². The first-order valence-corrected chi connectivity index (χ1v) is 14.5. The summed E-state index contributed by atoms with van der Waals surface area (Å²) in [5, 5.41) is 3.91. The number of esters is 2. The Kier molecular flexibility index (Phi) is 10.0. The Hall–Kier alpha value is -4.84. The topological polar surface area (TPSA) is 153 Å². The summed E-state index contributed by atoms with van der Waals surface area (Å²) < 4.78 is 11.1. The van der Waals surface area contributed by atoms with Crippen molar-refractivity contribution in [2.75, 3.05) is 11.9 Å². The number of ether oxygens (including phenoxy) is 2. The number of aryl methyl sites for hydroxylation is 1. The third-order valence-corrected chi connectivity index (χ3v) is 7.12. The van der Waals surface area contributed by atoms with Gasteiger partial charge in [0.2, 0.25) is 5.95 Å². The summed E-state index contributed by atoms with van der Waals surface area (Å²) in [6.45, 7) is -0.249. The Labute approximate surface area is 270 Å². The van der Waals surface area contributed by atoms with Gasteiger partial charge in [-0.1, -0.05) is 34.8 Å². The van der Waals surface area contributed by atoms with Crippen LogP contribution in [0.2, 0.25) is 15.1 Å². The second-order valence-electron chi connectivity index (χ2n) is 9.59. The highest BCUT2D eigenvalue weighted by atomic mass is 35.5. The van der Waals surface area contributed by atoms with Crippen LogP contribution in [0, 0.1) is 0 Å². The van der Waals surface area contributed by atoms with Crippen molar-refractivity contribution in [3.8, 4) is 0 Å². The van der Waals surface area contributed by atoms with Crippen molar-refractivity contribution >= 4 is 69.8 Å². The van der Waals surface area contributed by atoms with Crippen LogP contribution in [-0.4, -0.2) is 50.5 Å². The Bertz CT molecular complexity index is 1920. The minimum atomic E-state index is -0.871. The Morgan fingerprint density at radius 3 is 1.93 bits per heavy atom. The predicted octanol–water partition coefficient (Wildman–Crippen LogP) is 5.94. The van der Waals surface area contributed by atoms with E-state index in [1.807, 2.05) is 0 Å². The van der Waals surface area contributed by atoms with Gasteiger partial charge in [-0.15, -0.1) is 0 Å². The van der Waals surface area contributed by atoms with Crippen molar-refractivity contribution in [3.63, 3.8) is 0 Å². The maximum atomic E-state index is 12.8. The van der Waals surface area contributed by atoms with Gasteiger partial charge in [-0.25, -0.2) is 19.6 Å². The lowest BCUT2D eigenvalue weighted by atomic mass is 10.1. The van der Waals surface area contributed by atoms with Gasteiger partial charge in [-0.05, 0) is 85.6 Å². The summed E-state index contributed by atoms with van der Waals surface area (Å²) >= 11 is 17.7. The first kappa shape index (κ1) is 31.6. The van der Waals surface area contributed by atoms with E-state index in [4.69, 9.17) is 44.3 Å². The zero-order valence-corrected chi connectivity index (χ0v) is 25.4. The van der Waals surface area contributed by atoms with Crippen LogP contribution in [0.15, 0.2) is 83.8 Å². The lowest BCUT2D eigenvalue weighted by molar-refractivity contribution is -0.00272. The molecular weight excluding hydrogens is 645 g/mol. The fourth-order valence-corrected chi connectivity index (χ4v) is 4.42. The number of anilines is 1. The number of nitrogens with one attached hydrogen (secondary N) is 2. The molecule has 0 aliphatic carbocycles. The molecule has 1 amide bonds. The molecule has 0 radical (unpaired) electrons. The third-order valence-electron chi connectivity index (χ3n) is 6.36. The van der Waals surface area contributed by atoms with Crippen molar-refractivity contribution in [3.05, 3.63) is 127 Å². The molecule has 5 aromatic rings. The van der Waals surface area contributed by atoms with Crippen LogP contribution in [0.1, 0.15) is 43.2 Å². The Morgan fingerprint density at radius 1 is 0.778 bits per heavy atom. The van der Waals surface area contributed by atoms with Gasteiger partial charge in [0.15, 0.2) is 11.2 Å². The molecule has 11 nitrogen and oxygen atoms in total. The van der Waals surface area contributed by atoms with Gasteiger partial charge < -0.3 is 9.47 Å². The van der Waals surface area contributed by atoms with E-state index in [1.54, 1.807) is 36.4 Å². The molecule has 228 valence electrons. The quantitative estimate of drug-likeness (QED) is 0.172. The van der Waals surface area contributed by atoms with Gasteiger partial charge in [-0.3, -0.25) is 19.9 Å². The lowest BCUT2D eigenvalue weighted by Gasteiger charge is -2.18. The number of carbonyl (C=O) groups excluding carboxylic acids is 3. The maximum Gasteiger partial charge on any atom is 0.338 e. The average Bonchev–Trinajstić information content (AvgIpc) is 3.03. The molecule has 0 spiro atoms. The van der Waals surface area contributed by atoms with Crippen molar-refractivity contribution in [2.45, 2.75) is 18.9 Å². The molecule has 0 fully saturated rings. The molecule has 0 unspecified atom stereocenters. The highest BCUT2D eigenvalue weighted by Gasteiger charge is 2.20. The van der Waals surface area contributed by atoms with Gasteiger partial charge in [0.05, 0.1) is 23.0 Å². The molecule has 3 aromatic carbocycles. The molecule has 1 atom stereocenters. The smallest absolute Gasteiger partial charge is 0.338 e. The number of halogens is 3. The molecule has 0 aliphatic heterocycles. The van der Waals surface area contributed by atoms with Crippen molar-refractivity contribution in [2.24, 2.45) is 0 Å². The van der Waals surface area contributed by atoms with E-state index in [9.17, 15) is 19.2 Å². The van der Waals surface area contributed by atoms with Crippen LogP contribution in [0.3, 0.4) is 0 Å². The predicted molar refractivity (Wildman–Crippen MR) is 168 cm³/mol. The fraction of sp³-hybridized carbons (Fsp3) is 0.129. The summed E-state index contributed by atoms with van der Waals surface area (Å²) in [7, 11) is 0. The van der Waals surface area contributed by atoms with E-state index in [-0.39, 0.29) is 47.7 Å². The standard InChI is InChI=1S/C31H22Cl3N5O6/c32-20-7-1-17(2-8-20)27(40)38-31-37-26-25(28(41)39-31)36-23(15-35-26)13-14-24(45-30(43)19-5-11-22(34)12-6-19)16-44-29(42)18-3-9-21(33)10-4-18/h1-12,15,24H,13-14,16H2,(H2,35,37,38,39,40,41)/t24-/m1/s1. The summed E-state index contributed by atoms with van der Waals surface area (Å²) in [5.41, 5.74) is 0.576. The Morgan fingerprint density at radius 2 is 1.33 bits per heavy atom. The van der Waals surface area contributed by atoms with Gasteiger partial charge in [0.1, 0.15) is 12.7 Å². The zero-order chi connectivity index (χ0) is 31.9. The lowest BCUT2D eigenvalue weighted by Crippen LogP contribution is -2.26. The zero-order valence-electron chi connectivity index (χ0n) is 23.1. The maximum absolute atomic E-state index is 12.8. The molecule has 0 saturated heterocycles. The van der Waals surface area contributed by atoms with Crippen molar-refractivity contribution < 1.29 is 23.9 Å². The number of aromatic nitrogens is 4. The monoisotopic (exact) mass is 665 g/mol. The van der Waals surface area contributed by atoms with Crippen LogP contribution < -0.4 is 10.9 Å². The average molecular weight is 667 g/mol. The highest BCUT2D eigenvalue weighted by Crippen LogP contribution is 2.16. The Balaban J connectivity index is 1.28. The van der Waals surface area contributed by atoms with E-state index in [1.165, 1.54) is 42.6 Å². The number of benzene rings is 3. The SMILES string of the molecule is O=C(Nc1nc2ncc(CC[C@H](COC(=O)c3ccc(Cl)cc3)OC(=O)c3ccc(Cl)cc3)nc2c(=O)[nH]1)c1ccc(Cl)cc1. The molecule has 0 saturated carbocycles. The van der Waals surface area contributed by atoms with E-state index in [0.29, 0.717) is 26.3 Å². The van der Waals surface area contributed by atoms with Crippen molar-refractivity contribution in [1.82, 2.24) is 19.9 Å².